The van der Waals surface area contributed by atoms with Crippen LogP contribution in [0, 0.1) is 17.8 Å². The van der Waals surface area contributed by atoms with Gasteiger partial charge in [0.05, 0.1) is 25.5 Å². The predicted molar refractivity (Wildman–Crippen MR) is 136 cm³/mol. The number of Topliss-reactive ketones (excluding diaryl/α,β-unsaturated/α-hetero) is 1. The molecule has 37 heavy (non-hydrogen) atoms. The predicted octanol–water partition coefficient (Wildman–Crippen LogP) is 4.09. The summed E-state index contributed by atoms with van der Waals surface area (Å²) in [4.78, 5) is 56.0. The van der Waals surface area contributed by atoms with E-state index in [2.05, 4.69) is 0 Å². The molecule has 1 aromatic carbocycles. The number of hydrogen-bond donors (Lipinski definition) is 1. The topological polar surface area (TPSA) is 101 Å². The van der Waals surface area contributed by atoms with Gasteiger partial charge in [0.15, 0.2) is 11.6 Å². The summed E-state index contributed by atoms with van der Waals surface area (Å²) in [6.45, 7) is 1.86. The molecule has 4 unspecified atom stereocenters. The van der Waals surface area contributed by atoms with Gasteiger partial charge in [-0.05, 0) is 49.3 Å². The Hall–Kier alpha value is -3.78. The Labute approximate surface area is 217 Å². The summed E-state index contributed by atoms with van der Waals surface area (Å²) in [6, 6.07) is 8.68. The normalized spacial score (nSPS) is 27.0. The quantitative estimate of drug-likeness (QED) is 0.374. The molecule has 0 spiro atoms. The van der Waals surface area contributed by atoms with E-state index in [0.29, 0.717) is 34.5 Å². The number of methoxy groups -OCH3 is 1. The molecule has 4 aliphatic rings. The van der Waals surface area contributed by atoms with Gasteiger partial charge in [0.1, 0.15) is 11.5 Å². The number of hydrogen-bond acceptors (Lipinski definition) is 7. The van der Waals surface area contributed by atoms with Crippen molar-refractivity contribution in [2.24, 2.45) is 17.8 Å². The number of imide groups is 1. The molecule has 1 aliphatic heterocycles. The van der Waals surface area contributed by atoms with Crippen LogP contribution in [-0.2, 0) is 25.7 Å². The minimum atomic E-state index is -0.685. The highest BCUT2D eigenvalue weighted by atomic mass is 32.1. The summed E-state index contributed by atoms with van der Waals surface area (Å²) in [5.41, 5.74) is 2.37. The van der Waals surface area contributed by atoms with Crippen LogP contribution in [0.25, 0.3) is 0 Å². The molecule has 8 heteroatoms. The van der Waals surface area contributed by atoms with Crippen LogP contribution in [0.5, 0.6) is 11.5 Å². The molecule has 0 bridgehead atoms. The van der Waals surface area contributed by atoms with Gasteiger partial charge in [0, 0.05) is 39.1 Å². The number of ether oxygens (including phenoxy) is 1. The first-order valence-electron chi connectivity index (χ1n) is 12.2. The van der Waals surface area contributed by atoms with Gasteiger partial charge < -0.3 is 9.84 Å². The second-order valence-corrected chi connectivity index (χ2v) is 11.0. The van der Waals surface area contributed by atoms with Crippen molar-refractivity contribution >= 4 is 34.7 Å². The van der Waals surface area contributed by atoms with Gasteiger partial charge in [0.25, 0.3) is 0 Å². The fourth-order valence-corrected chi connectivity index (χ4v) is 7.08. The number of carbonyl (C=O) groups excluding carboxylic acids is 4. The highest BCUT2D eigenvalue weighted by molar-refractivity contribution is 7.09. The number of rotatable bonds is 4. The second kappa shape index (κ2) is 8.66. The summed E-state index contributed by atoms with van der Waals surface area (Å²) in [7, 11) is 1.50. The largest absolute Gasteiger partial charge is 0.507 e. The Kier molecular flexibility index (Phi) is 5.53. The van der Waals surface area contributed by atoms with E-state index >= 15 is 0 Å². The Bertz CT molecular complexity index is 1460. The molecule has 0 saturated carbocycles. The number of phenols is 1. The molecule has 1 fully saturated rings. The molecule has 0 radical (unpaired) electrons. The molecule has 2 aromatic rings. The number of thiophene rings is 1. The zero-order valence-electron chi connectivity index (χ0n) is 20.4. The van der Waals surface area contributed by atoms with Crippen molar-refractivity contribution in [2.45, 2.75) is 32.2 Å². The second-order valence-electron chi connectivity index (χ2n) is 10.00. The lowest BCUT2D eigenvalue weighted by Gasteiger charge is -2.42. The van der Waals surface area contributed by atoms with Crippen LogP contribution in [0.2, 0.25) is 0 Å². The van der Waals surface area contributed by atoms with Crippen molar-refractivity contribution in [3.05, 3.63) is 80.6 Å². The molecule has 7 nitrogen and oxygen atoms in total. The Balaban J connectivity index is 1.47. The Morgan fingerprint density at radius 3 is 2.62 bits per heavy atom. The third kappa shape index (κ3) is 3.54. The first kappa shape index (κ1) is 23.6. The summed E-state index contributed by atoms with van der Waals surface area (Å²) >= 11 is 1.49. The van der Waals surface area contributed by atoms with Crippen LogP contribution < -0.4 is 4.74 Å². The van der Waals surface area contributed by atoms with Crippen molar-refractivity contribution in [2.75, 3.05) is 7.11 Å². The van der Waals surface area contributed by atoms with Crippen molar-refractivity contribution in [3.63, 3.8) is 0 Å². The van der Waals surface area contributed by atoms with Crippen molar-refractivity contribution in [3.8, 4) is 11.5 Å². The fourth-order valence-electron chi connectivity index (χ4n) is 6.39. The number of nitrogens with zero attached hydrogens (tertiary/aromatic N) is 1. The molecule has 4 atom stereocenters. The average molecular weight is 516 g/mol. The Morgan fingerprint density at radius 2 is 1.92 bits per heavy atom. The van der Waals surface area contributed by atoms with Crippen LogP contribution in [-0.4, -0.2) is 40.5 Å². The van der Waals surface area contributed by atoms with E-state index in [9.17, 15) is 24.3 Å². The lowest BCUT2D eigenvalue weighted by atomic mass is 9.59. The van der Waals surface area contributed by atoms with Crippen LogP contribution in [0.4, 0.5) is 0 Å². The maximum atomic E-state index is 13.7. The number of carbonyl (C=O) groups is 4. The summed E-state index contributed by atoms with van der Waals surface area (Å²) in [6.07, 6.45) is 3.89. The first-order chi connectivity index (χ1) is 17.8. The van der Waals surface area contributed by atoms with Gasteiger partial charge in [-0.15, -0.1) is 11.3 Å². The molecular formula is C29H25NO6S. The molecule has 1 N–H and O–H groups in total. The van der Waals surface area contributed by atoms with Crippen molar-refractivity contribution in [1.82, 2.24) is 4.90 Å². The molecule has 188 valence electrons. The van der Waals surface area contributed by atoms with Crippen molar-refractivity contribution in [1.29, 1.82) is 0 Å². The zero-order valence-corrected chi connectivity index (χ0v) is 21.2. The number of aromatic hydroxyl groups is 1. The zero-order chi connectivity index (χ0) is 26.0. The lowest BCUT2D eigenvalue weighted by molar-refractivity contribution is -0.140. The van der Waals surface area contributed by atoms with Gasteiger partial charge in [-0.3, -0.25) is 24.1 Å². The van der Waals surface area contributed by atoms with Crippen LogP contribution >= 0.6 is 11.3 Å². The number of phenolic OH excluding ortho intramolecular Hbond substituents is 1. The number of fused-ring (bicyclic) bond motifs is 3. The number of amides is 2. The third-order valence-corrected chi connectivity index (χ3v) is 8.96. The number of allylic oxidation sites excluding steroid dienone is 6. The maximum Gasteiger partial charge on any atom is 0.234 e. The maximum absolute atomic E-state index is 13.7. The molecule has 1 aromatic heterocycles. The van der Waals surface area contributed by atoms with Gasteiger partial charge in [-0.25, -0.2) is 0 Å². The van der Waals surface area contributed by atoms with E-state index in [4.69, 9.17) is 4.74 Å². The van der Waals surface area contributed by atoms with E-state index in [1.54, 1.807) is 19.1 Å². The lowest BCUT2D eigenvalue weighted by Crippen LogP contribution is -2.39. The van der Waals surface area contributed by atoms with Crippen LogP contribution in [0.1, 0.15) is 36.1 Å². The molecule has 6 rings (SSSR count). The SMILES string of the molecule is COc1ccc(C2C3=CCC4C(=O)N(Cc5cccs5)C(=O)C4C3CC3=C2C(=O)C(C)=CC3=O)c(O)c1. The van der Waals surface area contributed by atoms with Crippen molar-refractivity contribution < 1.29 is 29.0 Å². The number of benzene rings is 1. The van der Waals surface area contributed by atoms with Gasteiger partial charge in [0.2, 0.25) is 11.8 Å². The van der Waals surface area contributed by atoms with E-state index in [0.717, 1.165) is 10.5 Å². The monoisotopic (exact) mass is 515 g/mol. The highest BCUT2D eigenvalue weighted by Gasteiger charge is 2.56. The number of ketones is 2. The smallest absolute Gasteiger partial charge is 0.234 e. The summed E-state index contributed by atoms with van der Waals surface area (Å²) < 4.78 is 5.24. The molecule has 3 aliphatic carbocycles. The molecular weight excluding hydrogens is 490 g/mol. The number of likely N-dealkylation sites (tertiary alicyclic amines) is 1. The molecule has 1 saturated heterocycles. The Morgan fingerprint density at radius 1 is 1.11 bits per heavy atom. The highest BCUT2D eigenvalue weighted by Crippen LogP contribution is 2.56. The minimum absolute atomic E-state index is 0.0551. The van der Waals surface area contributed by atoms with Gasteiger partial charge in [-0.2, -0.15) is 0 Å². The van der Waals surface area contributed by atoms with Gasteiger partial charge in [-0.1, -0.05) is 23.8 Å². The molecule has 2 heterocycles. The molecule has 2 amide bonds. The average Bonchev–Trinajstić information content (AvgIpc) is 3.49. The standard InChI is InChI=1S/C29H25NO6S/c1-14-10-22(31)21-12-20-17(24(26(21)27(14)33)18-6-5-15(36-2)11-23(18)32)7-8-19-25(20)29(35)30(28(19)34)13-16-4-3-9-37-16/h3-7,9-11,19-20,24-25,32H,8,12-13H2,1-2H3. The summed E-state index contributed by atoms with van der Waals surface area (Å²) in [5, 5.41) is 12.9. The van der Waals surface area contributed by atoms with Gasteiger partial charge >= 0.3 is 0 Å². The fraction of sp³-hybridized carbons (Fsp3) is 0.310. The van der Waals surface area contributed by atoms with E-state index in [1.807, 2.05) is 23.6 Å². The van der Waals surface area contributed by atoms with E-state index < -0.39 is 23.7 Å². The minimum Gasteiger partial charge on any atom is -0.507 e. The first-order valence-corrected chi connectivity index (χ1v) is 13.1. The van der Waals surface area contributed by atoms with Crippen LogP contribution in [0.3, 0.4) is 0 Å². The van der Waals surface area contributed by atoms with E-state index in [1.165, 1.54) is 35.5 Å². The summed E-state index contributed by atoms with van der Waals surface area (Å²) in [5.74, 6) is -2.72. The third-order valence-electron chi connectivity index (χ3n) is 8.10. The van der Waals surface area contributed by atoms with E-state index in [-0.39, 0.29) is 42.1 Å². The van der Waals surface area contributed by atoms with Crippen LogP contribution in [0.15, 0.2) is 70.2 Å².